The Bertz CT molecular complexity index is 796. The van der Waals surface area contributed by atoms with Crippen LogP contribution in [0.2, 0.25) is 0 Å². The lowest BCUT2D eigenvalue weighted by molar-refractivity contribution is -0.146. The predicted octanol–water partition coefficient (Wildman–Crippen LogP) is 4.47. The highest BCUT2D eigenvalue weighted by molar-refractivity contribution is 5.71. The molecule has 1 atom stereocenters. The molecule has 2 aromatic carbocycles. The lowest BCUT2D eigenvalue weighted by Crippen LogP contribution is -2.26. The molecule has 2 rings (SSSR count). The number of aliphatic hydroxyl groups is 1. The predicted molar refractivity (Wildman–Crippen MR) is 113 cm³/mol. The summed E-state index contributed by atoms with van der Waals surface area (Å²) in [5.41, 5.74) is 0.987. The number of carbonyl (C=O) groups excluding carboxylic acids is 1. The standard InChI is InChI=1S/C24H30O5/c1-4-28-23(25)17-24(2,26)15-9-8-10-19-13-14-21(22(16-19)27-3)29-18-20-11-6-5-7-12-20/h5-7,9,11-16,26H,4,8,10,17-18H2,1-3H3. The van der Waals surface area contributed by atoms with Crippen LogP contribution in [0.25, 0.3) is 0 Å². The van der Waals surface area contributed by atoms with E-state index in [1.807, 2.05) is 54.6 Å². The number of ether oxygens (including phenoxy) is 3. The third-order valence-corrected chi connectivity index (χ3v) is 4.35. The van der Waals surface area contributed by atoms with Crippen molar-refractivity contribution >= 4 is 5.97 Å². The fourth-order valence-electron chi connectivity index (χ4n) is 2.87. The van der Waals surface area contributed by atoms with Gasteiger partial charge < -0.3 is 19.3 Å². The van der Waals surface area contributed by atoms with Gasteiger partial charge >= 0.3 is 5.97 Å². The summed E-state index contributed by atoms with van der Waals surface area (Å²) in [6.07, 6.45) is 4.98. The van der Waals surface area contributed by atoms with Crippen LogP contribution in [0.1, 0.15) is 37.8 Å². The van der Waals surface area contributed by atoms with Crippen molar-refractivity contribution in [2.45, 2.75) is 45.3 Å². The van der Waals surface area contributed by atoms with Crippen molar-refractivity contribution in [1.29, 1.82) is 0 Å². The van der Waals surface area contributed by atoms with Gasteiger partial charge in [-0.15, -0.1) is 0 Å². The molecule has 0 spiro atoms. The van der Waals surface area contributed by atoms with Crippen molar-refractivity contribution in [3.8, 4) is 11.5 Å². The van der Waals surface area contributed by atoms with E-state index < -0.39 is 11.6 Å². The van der Waals surface area contributed by atoms with Gasteiger partial charge in [0.1, 0.15) is 6.61 Å². The van der Waals surface area contributed by atoms with E-state index in [1.165, 1.54) is 0 Å². The van der Waals surface area contributed by atoms with Gasteiger partial charge in [-0.2, -0.15) is 0 Å². The van der Waals surface area contributed by atoms with Crippen molar-refractivity contribution in [3.05, 3.63) is 71.8 Å². The third-order valence-electron chi connectivity index (χ3n) is 4.35. The van der Waals surface area contributed by atoms with Crippen LogP contribution in [0.4, 0.5) is 0 Å². The summed E-state index contributed by atoms with van der Waals surface area (Å²) in [5, 5.41) is 10.3. The summed E-state index contributed by atoms with van der Waals surface area (Å²) in [4.78, 5) is 11.5. The molecule has 0 heterocycles. The Morgan fingerprint density at radius 1 is 1.10 bits per heavy atom. The Kier molecular flexibility index (Phi) is 8.74. The summed E-state index contributed by atoms with van der Waals surface area (Å²) in [6.45, 7) is 4.14. The number of aryl methyl sites for hydroxylation is 1. The molecule has 0 aromatic heterocycles. The van der Waals surface area contributed by atoms with E-state index in [-0.39, 0.29) is 6.42 Å². The molecule has 0 aliphatic rings. The van der Waals surface area contributed by atoms with Crippen molar-refractivity contribution in [1.82, 2.24) is 0 Å². The van der Waals surface area contributed by atoms with E-state index in [2.05, 4.69) is 0 Å². The minimum Gasteiger partial charge on any atom is -0.493 e. The third kappa shape index (κ3) is 8.00. The van der Waals surface area contributed by atoms with Gasteiger partial charge in [0.05, 0.1) is 25.7 Å². The van der Waals surface area contributed by atoms with Gasteiger partial charge in [-0.25, -0.2) is 0 Å². The van der Waals surface area contributed by atoms with Crippen LogP contribution < -0.4 is 9.47 Å². The highest BCUT2D eigenvalue weighted by atomic mass is 16.5. The van der Waals surface area contributed by atoms with Crippen molar-refractivity contribution in [2.24, 2.45) is 0 Å². The first-order chi connectivity index (χ1) is 13.9. The fraction of sp³-hybridized carbons (Fsp3) is 0.375. The SMILES string of the molecule is CCOC(=O)CC(C)(O)C=CCCc1ccc(OCc2ccccc2)c(OC)c1. The average Bonchev–Trinajstić information content (AvgIpc) is 2.70. The molecular formula is C24H30O5. The molecule has 0 bridgehead atoms. The van der Waals surface area contributed by atoms with E-state index in [9.17, 15) is 9.90 Å². The first-order valence-electron chi connectivity index (χ1n) is 9.83. The Balaban J connectivity index is 1.88. The fourth-order valence-corrected chi connectivity index (χ4v) is 2.87. The monoisotopic (exact) mass is 398 g/mol. The number of hydrogen-bond donors (Lipinski definition) is 1. The molecule has 2 aromatic rings. The summed E-state index contributed by atoms with van der Waals surface area (Å²) >= 11 is 0. The van der Waals surface area contributed by atoms with Gasteiger partial charge in [-0.1, -0.05) is 48.6 Å². The Morgan fingerprint density at radius 2 is 1.86 bits per heavy atom. The lowest BCUT2D eigenvalue weighted by Gasteiger charge is -2.17. The zero-order chi connectivity index (χ0) is 21.1. The minimum atomic E-state index is -1.21. The molecule has 0 saturated heterocycles. The van der Waals surface area contributed by atoms with Gasteiger partial charge in [-0.3, -0.25) is 4.79 Å². The topological polar surface area (TPSA) is 65.0 Å². The number of rotatable bonds is 11. The van der Waals surface area contributed by atoms with Crippen LogP contribution in [-0.4, -0.2) is 30.4 Å². The van der Waals surface area contributed by atoms with E-state index in [4.69, 9.17) is 14.2 Å². The van der Waals surface area contributed by atoms with Gasteiger partial charge in [0.25, 0.3) is 0 Å². The molecule has 0 radical (unpaired) electrons. The van der Waals surface area contributed by atoms with Crippen LogP contribution in [0.5, 0.6) is 11.5 Å². The summed E-state index contributed by atoms with van der Waals surface area (Å²) < 4.78 is 16.2. The molecule has 5 nitrogen and oxygen atoms in total. The smallest absolute Gasteiger partial charge is 0.309 e. The Labute approximate surface area is 172 Å². The average molecular weight is 398 g/mol. The second-order valence-electron chi connectivity index (χ2n) is 7.04. The second-order valence-corrected chi connectivity index (χ2v) is 7.04. The maximum Gasteiger partial charge on any atom is 0.309 e. The molecule has 0 fully saturated rings. The number of esters is 1. The minimum absolute atomic E-state index is 0.0569. The van der Waals surface area contributed by atoms with Crippen molar-refractivity contribution in [3.63, 3.8) is 0 Å². The first kappa shape index (κ1) is 22.5. The summed E-state index contributed by atoms with van der Waals surface area (Å²) in [5.74, 6) is 0.989. The van der Waals surface area contributed by atoms with E-state index >= 15 is 0 Å². The van der Waals surface area contributed by atoms with Gasteiger partial charge in [0.15, 0.2) is 11.5 Å². The van der Waals surface area contributed by atoms with Crippen LogP contribution in [0.3, 0.4) is 0 Å². The van der Waals surface area contributed by atoms with Gasteiger partial charge in [0, 0.05) is 0 Å². The van der Waals surface area contributed by atoms with Crippen LogP contribution in [0, 0.1) is 0 Å². The normalized spacial score (nSPS) is 13.1. The quantitative estimate of drug-likeness (QED) is 0.447. The molecule has 0 aliphatic carbocycles. The van der Waals surface area contributed by atoms with Crippen molar-refractivity contribution in [2.75, 3.05) is 13.7 Å². The molecule has 0 aliphatic heterocycles. The molecule has 5 heteroatoms. The molecule has 0 saturated carbocycles. The largest absolute Gasteiger partial charge is 0.493 e. The summed E-state index contributed by atoms with van der Waals surface area (Å²) in [6, 6.07) is 15.9. The van der Waals surface area contributed by atoms with Gasteiger partial charge in [-0.05, 0) is 49.9 Å². The Morgan fingerprint density at radius 3 is 2.55 bits per heavy atom. The number of methoxy groups -OCH3 is 1. The maximum absolute atomic E-state index is 11.5. The van der Waals surface area contributed by atoms with E-state index in [1.54, 1.807) is 27.0 Å². The zero-order valence-corrected chi connectivity index (χ0v) is 17.4. The molecule has 156 valence electrons. The van der Waals surface area contributed by atoms with Crippen molar-refractivity contribution < 1.29 is 24.1 Å². The van der Waals surface area contributed by atoms with Gasteiger partial charge in [0.2, 0.25) is 0 Å². The Hall–Kier alpha value is -2.79. The molecule has 0 amide bonds. The highest BCUT2D eigenvalue weighted by Gasteiger charge is 2.21. The molecule has 1 N–H and O–H groups in total. The second kappa shape index (κ2) is 11.3. The number of allylic oxidation sites excluding steroid dienone is 1. The molecule has 29 heavy (non-hydrogen) atoms. The van der Waals surface area contributed by atoms with E-state index in [0.29, 0.717) is 24.7 Å². The van der Waals surface area contributed by atoms with Crippen LogP contribution >= 0.6 is 0 Å². The maximum atomic E-state index is 11.5. The summed E-state index contributed by atoms with van der Waals surface area (Å²) in [7, 11) is 1.63. The zero-order valence-electron chi connectivity index (χ0n) is 17.4. The van der Waals surface area contributed by atoms with Crippen LogP contribution in [0.15, 0.2) is 60.7 Å². The lowest BCUT2D eigenvalue weighted by atomic mass is 10.0. The number of carbonyl (C=O) groups is 1. The first-order valence-corrected chi connectivity index (χ1v) is 9.83. The van der Waals surface area contributed by atoms with E-state index in [0.717, 1.165) is 24.0 Å². The number of benzene rings is 2. The molecule has 1 unspecified atom stereocenters. The number of hydrogen-bond acceptors (Lipinski definition) is 5. The van der Waals surface area contributed by atoms with Crippen LogP contribution in [-0.2, 0) is 22.6 Å². The highest BCUT2D eigenvalue weighted by Crippen LogP contribution is 2.29. The molecular weight excluding hydrogens is 368 g/mol.